The average Bonchev–Trinajstić information content (AvgIpc) is 2.76. The van der Waals surface area contributed by atoms with Crippen LogP contribution in [0.15, 0.2) is 12.1 Å². The molecule has 2 aromatic rings. The van der Waals surface area contributed by atoms with Gasteiger partial charge in [-0.05, 0) is 38.0 Å². The number of thiazole rings is 1. The van der Waals surface area contributed by atoms with Gasteiger partial charge >= 0.3 is 0 Å². The molecule has 0 saturated carbocycles. The van der Waals surface area contributed by atoms with Crippen LogP contribution in [0.2, 0.25) is 0 Å². The zero-order valence-electron chi connectivity index (χ0n) is 10.7. The van der Waals surface area contributed by atoms with Gasteiger partial charge < -0.3 is 10.0 Å². The van der Waals surface area contributed by atoms with Crippen molar-refractivity contribution < 1.29 is 5.11 Å². The minimum Gasteiger partial charge on any atom is -0.394 e. The normalized spacial score (nSPS) is 13.0. The van der Waals surface area contributed by atoms with E-state index in [1.165, 1.54) is 15.8 Å². The molecule has 0 amide bonds. The molecule has 4 heteroatoms. The molecule has 1 atom stereocenters. The van der Waals surface area contributed by atoms with Crippen LogP contribution in [0, 0.1) is 13.8 Å². The van der Waals surface area contributed by atoms with Gasteiger partial charge in [0.05, 0.1) is 22.9 Å². The summed E-state index contributed by atoms with van der Waals surface area (Å²) < 4.78 is 1.21. The molecule has 17 heavy (non-hydrogen) atoms. The van der Waals surface area contributed by atoms with Crippen molar-refractivity contribution in [2.24, 2.45) is 0 Å². The third-order valence-corrected chi connectivity index (χ3v) is 4.41. The van der Waals surface area contributed by atoms with E-state index in [1.807, 2.05) is 18.9 Å². The van der Waals surface area contributed by atoms with Crippen molar-refractivity contribution in [2.75, 3.05) is 18.6 Å². The van der Waals surface area contributed by atoms with Crippen LogP contribution in [0.25, 0.3) is 10.2 Å². The molecule has 0 saturated heterocycles. The average molecular weight is 250 g/mol. The summed E-state index contributed by atoms with van der Waals surface area (Å²) in [6.07, 6.45) is 0. The minimum absolute atomic E-state index is 0.0944. The molecule has 0 unspecified atom stereocenters. The summed E-state index contributed by atoms with van der Waals surface area (Å²) in [5.74, 6) is 0. The van der Waals surface area contributed by atoms with Crippen LogP contribution >= 0.6 is 11.3 Å². The monoisotopic (exact) mass is 250 g/mol. The second-order valence-electron chi connectivity index (χ2n) is 4.49. The number of benzene rings is 1. The standard InChI is InChI=1S/C13H18N2OS/c1-8-5-6-11-12(10(8)3)14-13(17-11)15(4)9(2)7-16/h5-6,9,16H,7H2,1-4H3/t9-/m0/s1. The van der Waals surface area contributed by atoms with E-state index in [1.54, 1.807) is 11.3 Å². The quantitative estimate of drug-likeness (QED) is 0.910. The highest BCUT2D eigenvalue weighted by atomic mass is 32.1. The van der Waals surface area contributed by atoms with Gasteiger partial charge in [0.1, 0.15) is 0 Å². The molecule has 1 aromatic heterocycles. The molecule has 1 N–H and O–H groups in total. The smallest absolute Gasteiger partial charge is 0.186 e. The molecule has 0 aliphatic rings. The molecular weight excluding hydrogens is 232 g/mol. The van der Waals surface area contributed by atoms with Gasteiger partial charge in [0, 0.05) is 7.05 Å². The fourth-order valence-corrected chi connectivity index (χ4v) is 2.77. The van der Waals surface area contributed by atoms with Crippen LogP contribution < -0.4 is 4.90 Å². The summed E-state index contributed by atoms with van der Waals surface area (Å²) in [6, 6.07) is 4.35. The molecule has 0 spiro atoms. The van der Waals surface area contributed by atoms with Crippen molar-refractivity contribution in [1.29, 1.82) is 0 Å². The second-order valence-corrected chi connectivity index (χ2v) is 5.50. The van der Waals surface area contributed by atoms with E-state index in [-0.39, 0.29) is 12.6 Å². The van der Waals surface area contributed by atoms with E-state index in [0.717, 1.165) is 10.6 Å². The molecule has 1 heterocycles. The Morgan fingerprint density at radius 1 is 1.41 bits per heavy atom. The fraction of sp³-hybridized carbons (Fsp3) is 0.462. The number of aliphatic hydroxyl groups excluding tert-OH is 1. The van der Waals surface area contributed by atoms with Crippen molar-refractivity contribution in [3.63, 3.8) is 0 Å². The van der Waals surface area contributed by atoms with E-state index >= 15 is 0 Å². The molecule has 0 bridgehead atoms. The van der Waals surface area contributed by atoms with Crippen LogP contribution in [0.3, 0.4) is 0 Å². The van der Waals surface area contributed by atoms with Crippen LogP contribution in [-0.4, -0.2) is 29.8 Å². The van der Waals surface area contributed by atoms with Gasteiger partial charge in [-0.15, -0.1) is 0 Å². The van der Waals surface area contributed by atoms with Crippen LogP contribution in [0.4, 0.5) is 5.13 Å². The molecule has 0 fully saturated rings. The van der Waals surface area contributed by atoms with Gasteiger partial charge in [-0.3, -0.25) is 0 Å². The molecule has 0 aliphatic heterocycles. The van der Waals surface area contributed by atoms with E-state index < -0.39 is 0 Å². The third-order valence-electron chi connectivity index (χ3n) is 3.30. The van der Waals surface area contributed by atoms with Crippen molar-refractivity contribution in [1.82, 2.24) is 4.98 Å². The lowest BCUT2D eigenvalue weighted by Crippen LogP contribution is -2.31. The highest BCUT2D eigenvalue weighted by Gasteiger charge is 2.14. The lowest BCUT2D eigenvalue weighted by atomic mass is 10.1. The first-order valence-corrected chi connectivity index (χ1v) is 6.56. The number of hydrogen-bond acceptors (Lipinski definition) is 4. The minimum atomic E-state index is 0.0944. The Balaban J connectivity index is 2.48. The molecule has 0 radical (unpaired) electrons. The van der Waals surface area contributed by atoms with Crippen molar-refractivity contribution in [3.8, 4) is 0 Å². The fourth-order valence-electron chi connectivity index (χ4n) is 1.68. The second kappa shape index (κ2) is 4.63. The third kappa shape index (κ3) is 2.15. The van der Waals surface area contributed by atoms with Crippen LogP contribution in [0.5, 0.6) is 0 Å². The van der Waals surface area contributed by atoms with E-state index in [0.29, 0.717) is 0 Å². The van der Waals surface area contributed by atoms with Gasteiger partial charge in [-0.2, -0.15) is 0 Å². The number of aliphatic hydroxyl groups is 1. The molecule has 0 aliphatic carbocycles. The largest absolute Gasteiger partial charge is 0.394 e. The Labute approximate surface area is 106 Å². The Morgan fingerprint density at radius 2 is 2.12 bits per heavy atom. The Kier molecular flexibility index (Phi) is 3.35. The summed E-state index contributed by atoms with van der Waals surface area (Å²) in [5.41, 5.74) is 3.60. The number of anilines is 1. The molecule has 3 nitrogen and oxygen atoms in total. The molecule has 2 rings (SSSR count). The van der Waals surface area contributed by atoms with Gasteiger partial charge in [-0.1, -0.05) is 17.4 Å². The maximum atomic E-state index is 9.18. The van der Waals surface area contributed by atoms with Gasteiger partial charge in [0.2, 0.25) is 0 Å². The van der Waals surface area contributed by atoms with E-state index in [2.05, 4.69) is 31.0 Å². The Morgan fingerprint density at radius 3 is 2.76 bits per heavy atom. The predicted octanol–water partition coefficient (Wildman–Crippen LogP) is 2.73. The maximum Gasteiger partial charge on any atom is 0.186 e. The van der Waals surface area contributed by atoms with E-state index in [4.69, 9.17) is 0 Å². The number of aryl methyl sites for hydroxylation is 2. The number of rotatable bonds is 3. The number of likely N-dealkylation sites (N-methyl/N-ethyl adjacent to an activating group) is 1. The first kappa shape index (κ1) is 12.3. The predicted molar refractivity (Wildman–Crippen MR) is 74.0 cm³/mol. The SMILES string of the molecule is Cc1ccc2sc(N(C)[C@@H](C)CO)nc2c1C. The van der Waals surface area contributed by atoms with Gasteiger partial charge in [0.25, 0.3) is 0 Å². The first-order valence-electron chi connectivity index (χ1n) is 5.75. The zero-order valence-corrected chi connectivity index (χ0v) is 11.5. The Hall–Kier alpha value is -1.13. The summed E-state index contributed by atoms with van der Waals surface area (Å²) in [4.78, 5) is 6.70. The van der Waals surface area contributed by atoms with Crippen molar-refractivity contribution >= 4 is 26.7 Å². The zero-order chi connectivity index (χ0) is 12.6. The molecular formula is C13H18N2OS. The number of aromatic nitrogens is 1. The lowest BCUT2D eigenvalue weighted by molar-refractivity contribution is 0.270. The highest BCUT2D eigenvalue weighted by molar-refractivity contribution is 7.22. The maximum absolute atomic E-state index is 9.18. The summed E-state index contributed by atoms with van der Waals surface area (Å²) in [7, 11) is 1.97. The summed E-state index contributed by atoms with van der Waals surface area (Å²) in [6.45, 7) is 6.35. The first-order chi connectivity index (χ1) is 8.04. The molecule has 1 aromatic carbocycles. The lowest BCUT2D eigenvalue weighted by Gasteiger charge is -2.21. The van der Waals surface area contributed by atoms with Crippen LogP contribution in [-0.2, 0) is 0 Å². The topological polar surface area (TPSA) is 36.4 Å². The van der Waals surface area contributed by atoms with Gasteiger partial charge in [0.15, 0.2) is 5.13 Å². The molecule has 92 valence electrons. The Bertz CT molecular complexity index is 535. The van der Waals surface area contributed by atoms with Crippen LogP contribution in [0.1, 0.15) is 18.1 Å². The highest BCUT2D eigenvalue weighted by Crippen LogP contribution is 2.31. The van der Waals surface area contributed by atoms with Gasteiger partial charge in [-0.25, -0.2) is 4.98 Å². The number of fused-ring (bicyclic) bond motifs is 1. The summed E-state index contributed by atoms with van der Waals surface area (Å²) >= 11 is 1.68. The number of hydrogen-bond donors (Lipinski definition) is 1. The van der Waals surface area contributed by atoms with Crippen molar-refractivity contribution in [3.05, 3.63) is 23.3 Å². The summed E-state index contributed by atoms with van der Waals surface area (Å²) in [5, 5.41) is 10.1. The number of nitrogens with zero attached hydrogens (tertiary/aromatic N) is 2. The van der Waals surface area contributed by atoms with E-state index in [9.17, 15) is 5.11 Å². The van der Waals surface area contributed by atoms with Crippen molar-refractivity contribution in [2.45, 2.75) is 26.8 Å².